The highest BCUT2D eigenvalue weighted by Gasteiger charge is 2.18. The van der Waals surface area contributed by atoms with Crippen LogP contribution >= 0.6 is 0 Å². The Bertz CT molecular complexity index is 504. The molecule has 1 aromatic carbocycles. The van der Waals surface area contributed by atoms with Crippen LogP contribution in [0, 0.1) is 5.92 Å². The fourth-order valence-electron chi connectivity index (χ4n) is 1.62. The summed E-state index contributed by atoms with van der Waals surface area (Å²) in [5.74, 6) is -0.164. The van der Waals surface area contributed by atoms with E-state index in [1.807, 2.05) is 37.3 Å². The molecule has 0 aliphatic carbocycles. The monoisotopic (exact) mass is 229 g/mol. The number of Topliss-reactive ketones (excluding diaryl/α,β-unsaturated/α-hetero) is 1. The minimum Gasteiger partial charge on any atom is -0.330 e. The Morgan fingerprint density at radius 2 is 2.06 bits per heavy atom. The van der Waals surface area contributed by atoms with Crippen molar-refractivity contribution in [1.29, 1.82) is 0 Å². The maximum absolute atomic E-state index is 12.1. The van der Waals surface area contributed by atoms with E-state index < -0.39 is 0 Å². The number of nitrogens with zero attached hydrogens (tertiary/aromatic N) is 2. The molecule has 0 radical (unpaired) electrons. The Morgan fingerprint density at radius 1 is 1.35 bits per heavy atom. The Labute approximate surface area is 100 Å². The predicted molar refractivity (Wildman–Crippen MR) is 66.1 cm³/mol. The fraction of sp³-hybridized carbons (Fsp3) is 0.231. The van der Waals surface area contributed by atoms with Crippen LogP contribution in [-0.4, -0.2) is 22.1 Å². The number of benzene rings is 1. The number of rotatable bonds is 4. The van der Waals surface area contributed by atoms with Gasteiger partial charge in [0.05, 0.1) is 11.9 Å². The quantitative estimate of drug-likeness (QED) is 0.811. The van der Waals surface area contributed by atoms with Crippen LogP contribution in [0.25, 0.3) is 5.69 Å². The normalized spacial score (nSPS) is 12.4. The van der Waals surface area contributed by atoms with Crippen molar-refractivity contribution in [3.8, 4) is 5.69 Å². The number of carbonyl (C=O) groups excluding carboxylic acids is 1. The molecule has 4 nitrogen and oxygen atoms in total. The number of para-hydroxylation sites is 1. The molecule has 0 aliphatic rings. The molecule has 2 N–H and O–H groups in total. The molecule has 2 aromatic rings. The van der Waals surface area contributed by atoms with Gasteiger partial charge in [0, 0.05) is 12.5 Å². The molecule has 1 unspecified atom stereocenters. The average molecular weight is 229 g/mol. The molecule has 0 spiro atoms. The zero-order valence-electron chi connectivity index (χ0n) is 9.71. The maximum Gasteiger partial charge on any atom is 0.185 e. The first-order chi connectivity index (χ1) is 8.24. The van der Waals surface area contributed by atoms with Crippen molar-refractivity contribution in [3.63, 3.8) is 0 Å². The van der Waals surface area contributed by atoms with Crippen LogP contribution in [0.5, 0.6) is 0 Å². The standard InChI is InChI=1S/C13H15N3O/c1-10(9-14)13(17)12-7-8-15-16(12)11-5-3-2-4-6-11/h2-8,10H,9,14H2,1H3. The molecule has 88 valence electrons. The van der Waals surface area contributed by atoms with Crippen LogP contribution in [0.1, 0.15) is 17.4 Å². The molecule has 0 fully saturated rings. The molecule has 2 rings (SSSR count). The summed E-state index contributed by atoms with van der Waals surface area (Å²) in [4.78, 5) is 12.1. The van der Waals surface area contributed by atoms with E-state index in [2.05, 4.69) is 5.10 Å². The van der Waals surface area contributed by atoms with Crippen molar-refractivity contribution in [3.05, 3.63) is 48.3 Å². The minimum absolute atomic E-state index is 0.0221. The molecular formula is C13H15N3O. The highest BCUT2D eigenvalue weighted by Crippen LogP contribution is 2.13. The first-order valence-corrected chi connectivity index (χ1v) is 5.57. The lowest BCUT2D eigenvalue weighted by atomic mass is 10.0. The van der Waals surface area contributed by atoms with E-state index in [0.29, 0.717) is 12.2 Å². The van der Waals surface area contributed by atoms with E-state index in [4.69, 9.17) is 5.73 Å². The Hall–Kier alpha value is -1.94. The van der Waals surface area contributed by atoms with Gasteiger partial charge in [0.15, 0.2) is 5.78 Å². The second-order valence-electron chi connectivity index (χ2n) is 3.96. The second-order valence-corrected chi connectivity index (χ2v) is 3.96. The van der Waals surface area contributed by atoms with Gasteiger partial charge in [-0.25, -0.2) is 4.68 Å². The number of carbonyl (C=O) groups is 1. The van der Waals surface area contributed by atoms with Crippen LogP contribution in [0.4, 0.5) is 0 Å². The molecule has 0 bridgehead atoms. The SMILES string of the molecule is CC(CN)C(=O)c1ccnn1-c1ccccc1. The summed E-state index contributed by atoms with van der Waals surface area (Å²) in [6, 6.07) is 11.3. The molecule has 1 atom stereocenters. The van der Waals surface area contributed by atoms with Crippen molar-refractivity contribution < 1.29 is 4.79 Å². The van der Waals surface area contributed by atoms with Gasteiger partial charge in [0.25, 0.3) is 0 Å². The molecule has 1 aromatic heterocycles. The van der Waals surface area contributed by atoms with E-state index >= 15 is 0 Å². The average Bonchev–Trinajstić information content (AvgIpc) is 2.87. The third kappa shape index (κ3) is 2.26. The second kappa shape index (κ2) is 4.93. The third-order valence-electron chi connectivity index (χ3n) is 2.70. The summed E-state index contributed by atoms with van der Waals surface area (Å²) in [6.45, 7) is 2.17. The van der Waals surface area contributed by atoms with Gasteiger partial charge in [-0.15, -0.1) is 0 Å². The Kier molecular flexibility index (Phi) is 3.35. The third-order valence-corrected chi connectivity index (χ3v) is 2.70. The van der Waals surface area contributed by atoms with Gasteiger partial charge in [-0.1, -0.05) is 25.1 Å². The molecule has 0 aliphatic heterocycles. The van der Waals surface area contributed by atoms with Crippen molar-refractivity contribution in [2.24, 2.45) is 11.7 Å². The van der Waals surface area contributed by atoms with Gasteiger partial charge >= 0.3 is 0 Å². The number of hydrogen-bond donors (Lipinski definition) is 1. The molecular weight excluding hydrogens is 214 g/mol. The molecule has 0 amide bonds. The van der Waals surface area contributed by atoms with Gasteiger partial charge in [0.1, 0.15) is 5.69 Å². The largest absolute Gasteiger partial charge is 0.330 e. The van der Waals surface area contributed by atoms with E-state index in [-0.39, 0.29) is 11.7 Å². The summed E-state index contributed by atoms with van der Waals surface area (Å²) in [7, 11) is 0. The fourth-order valence-corrected chi connectivity index (χ4v) is 1.62. The molecule has 17 heavy (non-hydrogen) atoms. The Morgan fingerprint density at radius 3 is 2.71 bits per heavy atom. The van der Waals surface area contributed by atoms with Gasteiger partial charge in [-0.3, -0.25) is 4.79 Å². The number of nitrogens with two attached hydrogens (primary N) is 1. The minimum atomic E-state index is -0.186. The van der Waals surface area contributed by atoms with Crippen molar-refractivity contribution in [2.45, 2.75) is 6.92 Å². The van der Waals surface area contributed by atoms with Crippen molar-refractivity contribution in [1.82, 2.24) is 9.78 Å². The van der Waals surface area contributed by atoms with Gasteiger partial charge < -0.3 is 5.73 Å². The van der Waals surface area contributed by atoms with Crippen molar-refractivity contribution in [2.75, 3.05) is 6.54 Å². The van der Waals surface area contributed by atoms with Crippen LogP contribution in [-0.2, 0) is 0 Å². The van der Waals surface area contributed by atoms with E-state index in [1.54, 1.807) is 16.9 Å². The molecule has 0 saturated carbocycles. The number of ketones is 1. The highest BCUT2D eigenvalue weighted by atomic mass is 16.1. The molecule has 4 heteroatoms. The zero-order valence-corrected chi connectivity index (χ0v) is 9.71. The first kappa shape index (κ1) is 11.5. The summed E-state index contributed by atoms with van der Waals surface area (Å²) >= 11 is 0. The van der Waals surface area contributed by atoms with E-state index in [0.717, 1.165) is 5.69 Å². The summed E-state index contributed by atoms with van der Waals surface area (Å²) in [6.07, 6.45) is 1.63. The van der Waals surface area contributed by atoms with Gasteiger partial charge in [-0.05, 0) is 18.2 Å². The highest BCUT2D eigenvalue weighted by molar-refractivity contribution is 5.96. The predicted octanol–water partition coefficient (Wildman–Crippen LogP) is 1.65. The lowest BCUT2D eigenvalue weighted by Crippen LogP contribution is -2.23. The Balaban J connectivity index is 2.39. The van der Waals surface area contributed by atoms with Crippen LogP contribution in [0.15, 0.2) is 42.6 Å². The zero-order chi connectivity index (χ0) is 12.3. The smallest absolute Gasteiger partial charge is 0.185 e. The topological polar surface area (TPSA) is 60.9 Å². The summed E-state index contributed by atoms with van der Waals surface area (Å²) < 4.78 is 1.65. The molecule has 1 heterocycles. The van der Waals surface area contributed by atoms with Crippen LogP contribution in [0.2, 0.25) is 0 Å². The summed E-state index contributed by atoms with van der Waals surface area (Å²) in [5.41, 5.74) is 6.97. The first-order valence-electron chi connectivity index (χ1n) is 5.57. The van der Waals surface area contributed by atoms with Crippen LogP contribution in [0.3, 0.4) is 0 Å². The van der Waals surface area contributed by atoms with Crippen molar-refractivity contribution >= 4 is 5.78 Å². The number of hydrogen-bond acceptors (Lipinski definition) is 3. The van der Waals surface area contributed by atoms with E-state index in [1.165, 1.54) is 0 Å². The number of aromatic nitrogens is 2. The lowest BCUT2D eigenvalue weighted by molar-refractivity contribution is 0.0926. The van der Waals surface area contributed by atoms with Crippen LogP contribution < -0.4 is 5.73 Å². The van der Waals surface area contributed by atoms with Gasteiger partial charge in [0.2, 0.25) is 0 Å². The maximum atomic E-state index is 12.1. The van der Waals surface area contributed by atoms with E-state index in [9.17, 15) is 4.79 Å². The van der Waals surface area contributed by atoms with Gasteiger partial charge in [-0.2, -0.15) is 5.10 Å². The summed E-state index contributed by atoms with van der Waals surface area (Å²) in [5, 5.41) is 4.18. The molecule has 0 saturated heterocycles. The lowest BCUT2D eigenvalue weighted by Gasteiger charge is -2.10.